The summed E-state index contributed by atoms with van der Waals surface area (Å²) < 4.78 is 8.55. The second-order valence-corrected chi connectivity index (χ2v) is 21.8. The smallest absolute Gasteiger partial charge is 0.257 e. The zero-order chi connectivity index (χ0) is 43.1. The highest BCUT2D eigenvalue weighted by atomic mass is 32.1. The SMILES string of the molecule is Cc1cc(C(C)(C)C)cc(C)c1N1c2cc(-c3csc4ccccc34)ccc2B2c3c1cccc3N(c1c(C)cc(C(C)(C)C)cc1C)c1oc3ccc(C(C)(C)C)cc3c12. The molecular weight excluding hydrogens is 760 g/mol. The van der Waals surface area contributed by atoms with Crippen LogP contribution in [0.4, 0.5) is 34.3 Å². The van der Waals surface area contributed by atoms with Crippen LogP contribution in [0.25, 0.3) is 32.2 Å². The molecule has 2 aliphatic heterocycles. The van der Waals surface area contributed by atoms with Crippen molar-refractivity contribution in [3.8, 4) is 11.1 Å². The minimum Gasteiger partial charge on any atom is -0.440 e. The molecule has 2 aromatic heterocycles. The molecule has 5 heteroatoms. The molecule has 6 aromatic carbocycles. The maximum absolute atomic E-state index is 7.24. The molecule has 10 rings (SSSR count). The molecule has 0 radical (unpaired) electrons. The van der Waals surface area contributed by atoms with Crippen molar-refractivity contribution in [2.24, 2.45) is 0 Å². The van der Waals surface area contributed by atoms with Crippen molar-refractivity contribution in [1.82, 2.24) is 0 Å². The van der Waals surface area contributed by atoms with Crippen LogP contribution in [0.2, 0.25) is 0 Å². The summed E-state index contributed by atoms with van der Waals surface area (Å²) in [5, 5.41) is 4.83. The van der Waals surface area contributed by atoms with E-state index >= 15 is 0 Å². The van der Waals surface area contributed by atoms with Crippen LogP contribution in [0.15, 0.2) is 113 Å². The molecule has 0 saturated carbocycles. The minimum absolute atomic E-state index is 0.0253. The predicted molar refractivity (Wildman–Crippen MR) is 266 cm³/mol. The third kappa shape index (κ3) is 6.13. The summed E-state index contributed by atoms with van der Waals surface area (Å²) in [5.74, 6) is 0.916. The Morgan fingerprint density at radius 3 is 1.69 bits per heavy atom. The van der Waals surface area contributed by atoms with E-state index in [0.717, 1.165) is 11.5 Å². The number of aryl methyl sites for hydroxylation is 4. The first-order valence-electron chi connectivity index (χ1n) is 22.0. The van der Waals surface area contributed by atoms with Gasteiger partial charge in [-0.3, -0.25) is 4.90 Å². The molecule has 0 fully saturated rings. The van der Waals surface area contributed by atoms with Crippen LogP contribution in [0.5, 0.6) is 0 Å². The number of nitrogens with zero attached hydrogens (tertiary/aromatic N) is 2. The molecule has 61 heavy (non-hydrogen) atoms. The van der Waals surface area contributed by atoms with Gasteiger partial charge in [-0.1, -0.05) is 129 Å². The first-order chi connectivity index (χ1) is 28.8. The number of hydrogen-bond donors (Lipinski definition) is 0. The van der Waals surface area contributed by atoms with E-state index in [-0.39, 0.29) is 23.0 Å². The van der Waals surface area contributed by atoms with Crippen LogP contribution in [0, 0.1) is 27.7 Å². The number of fused-ring (bicyclic) bond motifs is 7. The van der Waals surface area contributed by atoms with E-state index in [1.165, 1.54) is 110 Å². The number of furan rings is 1. The first-order valence-corrected chi connectivity index (χ1v) is 22.8. The quantitative estimate of drug-likeness (QED) is 0.166. The Labute approximate surface area is 367 Å². The number of rotatable bonds is 3. The van der Waals surface area contributed by atoms with Gasteiger partial charge in [0.15, 0.2) is 0 Å². The third-order valence-corrected chi connectivity index (χ3v) is 14.4. The molecule has 0 amide bonds. The summed E-state index contributed by atoms with van der Waals surface area (Å²) in [6, 6.07) is 39.6. The molecule has 0 unspecified atom stereocenters. The number of thiophene rings is 1. The van der Waals surface area contributed by atoms with Crippen LogP contribution in [0.1, 0.15) is 101 Å². The lowest BCUT2D eigenvalue weighted by molar-refractivity contribution is 0.588. The van der Waals surface area contributed by atoms with Crippen molar-refractivity contribution in [1.29, 1.82) is 0 Å². The van der Waals surface area contributed by atoms with Crippen molar-refractivity contribution in [2.75, 3.05) is 9.80 Å². The molecular formula is C56H57BN2OS. The Balaban J connectivity index is 1.32. The number of anilines is 6. The lowest BCUT2D eigenvalue weighted by atomic mass is 9.33. The monoisotopic (exact) mass is 816 g/mol. The minimum atomic E-state index is -0.0580. The molecule has 8 aromatic rings. The fourth-order valence-corrected chi connectivity index (χ4v) is 11.2. The average molecular weight is 817 g/mol. The zero-order valence-electron chi connectivity index (χ0n) is 38.2. The van der Waals surface area contributed by atoms with Gasteiger partial charge < -0.3 is 9.32 Å². The van der Waals surface area contributed by atoms with Gasteiger partial charge in [0.2, 0.25) is 5.88 Å². The Morgan fingerprint density at radius 1 is 0.508 bits per heavy atom. The molecule has 2 aliphatic rings. The van der Waals surface area contributed by atoms with Crippen LogP contribution in [-0.2, 0) is 16.2 Å². The van der Waals surface area contributed by atoms with Gasteiger partial charge in [0, 0.05) is 43.6 Å². The predicted octanol–water partition coefficient (Wildman–Crippen LogP) is 14.5. The van der Waals surface area contributed by atoms with Crippen LogP contribution in [0.3, 0.4) is 0 Å². The van der Waals surface area contributed by atoms with Crippen molar-refractivity contribution in [3.05, 3.63) is 147 Å². The van der Waals surface area contributed by atoms with E-state index in [2.05, 4.69) is 208 Å². The third-order valence-electron chi connectivity index (χ3n) is 13.4. The number of hydrogen-bond acceptors (Lipinski definition) is 4. The molecule has 3 nitrogen and oxygen atoms in total. The maximum atomic E-state index is 7.24. The summed E-state index contributed by atoms with van der Waals surface area (Å²) >= 11 is 1.82. The molecule has 4 heterocycles. The van der Waals surface area contributed by atoms with Crippen molar-refractivity contribution >= 4 is 89.8 Å². The van der Waals surface area contributed by atoms with Gasteiger partial charge in [0.25, 0.3) is 6.71 Å². The average Bonchev–Trinajstić information content (AvgIpc) is 3.79. The van der Waals surface area contributed by atoms with Gasteiger partial charge in [-0.25, -0.2) is 0 Å². The largest absolute Gasteiger partial charge is 0.440 e. The molecule has 306 valence electrons. The first kappa shape index (κ1) is 39.6. The topological polar surface area (TPSA) is 19.6 Å². The van der Waals surface area contributed by atoms with Crippen LogP contribution in [-0.4, -0.2) is 6.71 Å². The summed E-state index contributed by atoms with van der Waals surface area (Å²) in [4.78, 5) is 5.07. The van der Waals surface area contributed by atoms with Crippen molar-refractivity contribution in [2.45, 2.75) is 106 Å². The highest BCUT2D eigenvalue weighted by molar-refractivity contribution is 7.17. The summed E-state index contributed by atoms with van der Waals surface area (Å²) in [6.07, 6.45) is 0. The van der Waals surface area contributed by atoms with E-state index in [1.807, 2.05) is 11.3 Å². The highest BCUT2D eigenvalue weighted by Gasteiger charge is 2.47. The van der Waals surface area contributed by atoms with E-state index in [9.17, 15) is 0 Å². The van der Waals surface area contributed by atoms with Gasteiger partial charge in [-0.05, 0) is 141 Å². The maximum Gasteiger partial charge on any atom is 0.257 e. The molecule has 0 saturated heterocycles. The molecule has 0 atom stereocenters. The molecule has 0 spiro atoms. The Kier molecular flexibility index (Phi) is 8.76. The summed E-state index contributed by atoms with van der Waals surface area (Å²) in [7, 11) is 0. The molecule has 0 aliphatic carbocycles. The van der Waals surface area contributed by atoms with Crippen molar-refractivity contribution < 1.29 is 4.42 Å². The second kappa shape index (κ2) is 13.5. The van der Waals surface area contributed by atoms with E-state index < -0.39 is 0 Å². The fourth-order valence-electron chi connectivity index (χ4n) is 10.2. The Hall–Kier alpha value is -5.52. The fraction of sp³-hybridized carbons (Fsp3) is 0.286. The Morgan fingerprint density at radius 2 is 1.08 bits per heavy atom. The van der Waals surface area contributed by atoms with Crippen LogP contribution < -0.4 is 26.2 Å². The normalized spacial score (nSPS) is 13.9. The lowest BCUT2D eigenvalue weighted by Gasteiger charge is -2.44. The standard InChI is InChI=1S/C56H57BN2OS/c1-32-25-38(55(8,9)10)26-33(2)51(32)58-44-18-16-19-45-50(44)57(43-23-21-36(29-46(43)58)42-31-61-48-20-15-14-17-40(42)48)49-41-30-37(54(5,6)7)22-24-47(41)60-53(49)59(45)52-34(3)27-39(28-35(52)4)56(11,12)13/h14-31H,1-13H3. The van der Waals surface area contributed by atoms with Gasteiger partial charge in [0.1, 0.15) is 5.58 Å². The van der Waals surface area contributed by atoms with E-state index in [0.29, 0.717) is 0 Å². The van der Waals surface area contributed by atoms with Gasteiger partial charge >= 0.3 is 0 Å². The van der Waals surface area contributed by atoms with Crippen molar-refractivity contribution in [3.63, 3.8) is 0 Å². The second-order valence-electron chi connectivity index (χ2n) is 20.9. The van der Waals surface area contributed by atoms with Gasteiger partial charge in [-0.2, -0.15) is 0 Å². The Bertz CT molecular complexity index is 3060. The zero-order valence-corrected chi connectivity index (χ0v) is 39.0. The van der Waals surface area contributed by atoms with Crippen LogP contribution >= 0.6 is 11.3 Å². The van der Waals surface area contributed by atoms with Gasteiger partial charge in [0.05, 0.1) is 11.4 Å². The van der Waals surface area contributed by atoms with E-state index in [4.69, 9.17) is 4.42 Å². The highest BCUT2D eigenvalue weighted by Crippen LogP contribution is 2.50. The molecule has 0 bridgehead atoms. The van der Waals surface area contributed by atoms with Gasteiger partial charge in [-0.15, -0.1) is 11.3 Å². The number of benzene rings is 6. The lowest BCUT2D eigenvalue weighted by Crippen LogP contribution is -2.61. The summed E-state index contributed by atoms with van der Waals surface area (Å²) in [6.45, 7) is 29.9. The van der Waals surface area contributed by atoms with E-state index in [1.54, 1.807) is 0 Å². The molecule has 0 N–H and O–H groups in total. The summed E-state index contributed by atoms with van der Waals surface area (Å²) in [5.41, 5.74) is 22.4.